The van der Waals surface area contributed by atoms with Crippen molar-refractivity contribution >= 4 is 12.0 Å². The van der Waals surface area contributed by atoms with Crippen LogP contribution in [0, 0.1) is 5.92 Å². The number of likely N-dealkylation sites (tertiary alicyclic amines) is 1. The smallest absolute Gasteiger partial charge is 0.410 e. The van der Waals surface area contributed by atoms with E-state index in [0.717, 1.165) is 32.2 Å². The van der Waals surface area contributed by atoms with E-state index >= 15 is 0 Å². The molecule has 3 fully saturated rings. The van der Waals surface area contributed by atoms with Gasteiger partial charge in [-0.3, -0.25) is 4.79 Å². The quantitative estimate of drug-likeness (QED) is 0.698. The SMILES string of the molecule is CCCCCCN1CC2(CCN(C(=O)C3CCOC3)CC2)OC1=O. The largest absolute Gasteiger partial charge is 0.441 e. The first-order chi connectivity index (χ1) is 11.6. The average molecular weight is 338 g/mol. The molecule has 0 aromatic carbocycles. The maximum absolute atomic E-state index is 12.5. The third-order valence-electron chi connectivity index (χ3n) is 5.59. The Morgan fingerprint density at radius 2 is 2.04 bits per heavy atom. The predicted molar refractivity (Wildman–Crippen MR) is 89.7 cm³/mol. The van der Waals surface area contributed by atoms with Crippen molar-refractivity contribution in [3.63, 3.8) is 0 Å². The van der Waals surface area contributed by atoms with Gasteiger partial charge in [0, 0.05) is 39.1 Å². The molecule has 2 amide bonds. The van der Waals surface area contributed by atoms with Crippen LogP contribution in [-0.4, -0.2) is 66.8 Å². The molecule has 0 bridgehead atoms. The molecule has 6 heteroatoms. The van der Waals surface area contributed by atoms with Crippen LogP contribution in [0.1, 0.15) is 51.9 Å². The van der Waals surface area contributed by atoms with Crippen molar-refractivity contribution in [2.45, 2.75) is 57.5 Å². The lowest BCUT2D eigenvalue weighted by Gasteiger charge is -2.38. The fourth-order valence-corrected chi connectivity index (χ4v) is 3.98. The zero-order valence-corrected chi connectivity index (χ0v) is 14.8. The van der Waals surface area contributed by atoms with E-state index < -0.39 is 0 Å². The van der Waals surface area contributed by atoms with Crippen LogP contribution in [0.5, 0.6) is 0 Å². The summed E-state index contributed by atoms with van der Waals surface area (Å²) in [5, 5.41) is 0. The molecule has 1 atom stereocenters. The van der Waals surface area contributed by atoms with Crippen LogP contribution in [0.3, 0.4) is 0 Å². The van der Waals surface area contributed by atoms with E-state index in [4.69, 9.17) is 9.47 Å². The van der Waals surface area contributed by atoms with E-state index in [2.05, 4.69) is 6.92 Å². The topological polar surface area (TPSA) is 59.1 Å². The summed E-state index contributed by atoms with van der Waals surface area (Å²) in [6.45, 7) is 6.29. The van der Waals surface area contributed by atoms with Crippen molar-refractivity contribution in [2.24, 2.45) is 5.92 Å². The summed E-state index contributed by atoms with van der Waals surface area (Å²) in [5.41, 5.74) is -0.370. The van der Waals surface area contributed by atoms with Crippen LogP contribution in [0.15, 0.2) is 0 Å². The molecule has 3 heterocycles. The van der Waals surface area contributed by atoms with E-state index in [0.29, 0.717) is 32.8 Å². The lowest BCUT2D eigenvalue weighted by atomic mass is 9.90. The summed E-state index contributed by atoms with van der Waals surface area (Å²) >= 11 is 0. The van der Waals surface area contributed by atoms with Crippen LogP contribution in [0.2, 0.25) is 0 Å². The van der Waals surface area contributed by atoms with Crippen LogP contribution in [-0.2, 0) is 14.3 Å². The molecule has 3 aliphatic rings. The standard InChI is InChI=1S/C18H30N2O4/c1-2-3-4-5-9-20-14-18(24-17(20)22)7-10-19(11-8-18)16(21)15-6-12-23-13-15/h15H,2-14H2,1H3. The lowest BCUT2D eigenvalue weighted by molar-refractivity contribution is -0.138. The number of hydrogen-bond acceptors (Lipinski definition) is 4. The van der Waals surface area contributed by atoms with Crippen molar-refractivity contribution in [3.05, 3.63) is 0 Å². The summed E-state index contributed by atoms with van der Waals surface area (Å²) in [4.78, 5) is 28.4. The van der Waals surface area contributed by atoms with E-state index in [1.807, 2.05) is 9.80 Å². The maximum atomic E-state index is 12.5. The average Bonchev–Trinajstić information content (AvgIpc) is 3.21. The van der Waals surface area contributed by atoms with Crippen molar-refractivity contribution < 1.29 is 19.1 Å². The van der Waals surface area contributed by atoms with Gasteiger partial charge in [0.2, 0.25) is 5.91 Å². The third kappa shape index (κ3) is 3.85. The monoisotopic (exact) mass is 338 g/mol. The van der Waals surface area contributed by atoms with Gasteiger partial charge < -0.3 is 19.3 Å². The van der Waals surface area contributed by atoms with E-state index in [1.54, 1.807) is 0 Å². The minimum Gasteiger partial charge on any atom is -0.441 e. The summed E-state index contributed by atoms with van der Waals surface area (Å²) in [7, 11) is 0. The second kappa shape index (κ2) is 7.72. The third-order valence-corrected chi connectivity index (χ3v) is 5.59. The summed E-state index contributed by atoms with van der Waals surface area (Å²) in [6, 6.07) is 0. The molecule has 6 nitrogen and oxygen atoms in total. The highest BCUT2D eigenvalue weighted by molar-refractivity contribution is 5.79. The highest BCUT2D eigenvalue weighted by atomic mass is 16.6. The maximum Gasteiger partial charge on any atom is 0.410 e. The second-order valence-electron chi connectivity index (χ2n) is 7.42. The van der Waals surface area contributed by atoms with Crippen LogP contribution in [0.25, 0.3) is 0 Å². The Balaban J connectivity index is 1.46. The van der Waals surface area contributed by atoms with Gasteiger partial charge in [-0.2, -0.15) is 0 Å². The first kappa shape index (κ1) is 17.5. The molecule has 1 unspecified atom stereocenters. The summed E-state index contributed by atoms with van der Waals surface area (Å²) in [6.07, 6.45) is 6.80. The Labute approximate surface area is 144 Å². The van der Waals surface area contributed by atoms with Gasteiger partial charge >= 0.3 is 6.09 Å². The number of carbonyl (C=O) groups excluding carboxylic acids is 2. The highest BCUT2D eigenvalue weighted by Gasteiger charge is 2.47. The molecule has 3 aliphatic heterocycles. The van der Waals surface area contributed by atoms with Gasteiger partial charge in [-0.25, -0.2) is 4.79 Å². The molecule has 136 valence electrons. The zero-order chi connectivity index (χ0) is 17.0. The molecule has 0 aromatic rings. The van der Waals surface area contributed by atoms with Gasteiger partial charge in [0.25, 0.3) is 0 Å². The molecule has 0 saturated carbocycles. The summed E-state index contributed by atoms with van der Waals surface area (Å²) < 4.78 is 11.1. The van der Waals surface area contributed by atoms with E-state index in [9.17, 15) is 9.59 Å². The number of rotatable bonds is 6. The van der Waals surface area contributed by atoms with E-state index in [-0.39, 0.29) is 23.5 Å². The van der Waals surface area contributed by atoms with Crippen molar-refractivity contribution in [1.82, 2.24) is 9.80 Å². The zero-order valence-electron chi connectivity index (χ0n) is 14.8. The second-order valence-corrected chi connectivity index (χ2v) is 7.42. The van der Waals surface area contributed by atoms with Gasteiger partial charge in [-0.15, -0.1) is 0 Å². The molecule has 3 rings (SSSR count). The van der Waals surface area contributed by atoms with Gasteiger partial charge in [0.1, 0.15) is 5.60 Å². The Kier molecular flexibility index (Phi) is 5.64. The van der Waals surface area contributed by atoms with Crippen molar-refractivity contribution in [1.29, 1.82) is 0 Å². The van der Waals surface area contributed by atoms with Gasteiger partial charge in [-0.05, 0) is 12.8 Å². The molecule has 1 spiro atoms. The molecule has 3 saturated heterocycles. The Hall–Kier alpha value is -1.30. The molecule has 0 aliphatic carbocycles. The highest BCUT2D eigenvalue weighted by Crippen LogP contribution is 2.34. The lowest BCUT2D eigenvalue weighted by Crippen LogP contribution is -2.50. The molecule has 24 heavy (non-hydrogen) atoms. The minimum absolute atomic E-state index is 0.0280. The van der Waals surface area contributed by atoms with Crippen LogP contribution >= 0.6 is 0 Å². The van der Waals surface area contributed by atoms with Gasteiger partial charge in [0.05, 0.1) is 19.1 Å². The number of unbranched alkanes of at least 4 members (excludes halogenated alkanes) is 3. The first-order valence-corrected chi connectivity index (χ1v) is 9.48. The number of carbonyl (C=O) groups is 2. The molecule has 0 aromatic heterocycles. The van der Waals surface area contributed by atoms with Gasteiger partial charge in [-0.1, -0.05) is 26.2 Å². The predicted octanol–water partition coefficient (Wildman–Crippen LogP) is 2.42. The Bertz CT molecular complexity index is 454. The molecule has 0 N–H and O–H groups in total. The summed E-state index contributed by atoms with van der Waals surface area (Å²) in [5.74, 6) is 0.239. The van der Waals surface area contributed by atoms with Crippen molar-refractivity contribution in [3.8, 4) is 0 Å². The van der Waals surface area contributed by atoms with Crippen LogP contribution in [0.4, 0.5) is 4.79 Å². The fourth-order valence-electron chi connectivity index (χ4n) is 3.98. The normalized spacial score (nSPS) is 26.2. The fraction of sp³-hybridized carbons (Fsp3) is 0.889. The Morgan fingerprint density at radius 1 is 1.25 bits per heavy atom. The number of nitrogens with zero attached hydrogens (tertiary/aromatic N) is 2. The van der Waals surface area contributed by atoms with Crippen molar-refractivity contribution in [2.75, 3.05) is 39.4 Å². The Morgan fingerprint density at radius 3 is 2.71 bits per heavy atom. The number of hydrogen-bond donors (Lipinski definition) is 0. The number of amides is 2. The molecule has 0 radical (unpaired) electrons. The number of piperidine rings is 1. The first-order valence-electron chi connectivity index (χ1n) is 9.48. The number of ether oxygens (including phenoxy) is 2. The molecular weight excluding hydrogens is 308 g/mol. The van der Waals surface area contributed by atoms with Crippen LogP contribution < -0.4 is 0 Å². The molecular formula is C18H30N2O4. The van der Waals surface area contributed by atoms with Gasteiger partial charge in [0.15, 0.2) is 0 Å². The van der Waals surface area contributed by atoms with E-state index in [1.165, 1.54) is 19.3 Å². The minimum atomic E-state index is -0.370.